The molecule has 2 amide bonds. The van der Waals surface area contributed by atoms with Crippen LogP contribution in [0, 0.1) is 0 Å². The zero-order chi connectivity index (χ0) is 16.2. The van der Waals surface area contributed by atoms with Gasteiger partial charge in [0.1, 0.15) is 0 Å². The maximum absolute atomic E-state index is 12.5. The normalized spacial score (nSPS) is 13.8. The quantitative estimate of drug-likeness (QED) is 0.845. The van der Waals surface area contributed by atoms with Gasteiger partial charge in [0.15, 0.2) is 0 Å². The zero-order valence-electron chi connectivity index (χ0n) is 13.1. The van der Waals surface area contributed by atoms with Crippen molar-refractivity contribution >= 4 is 28.8 Å². The van der Waals surface area contributed by atoms with E-state index in [9.17, 15) is 9.59 Å². The van der Waals surface area contributed by atoms with E-state index < -0.39 is 0 Å². The molecular weight excluding hydrogens is 308 g/mol. The SMILES string of the molecule is CNC(=O)c1cccc(NC(=O)c2cc3c(s2)CCCCC3)c1. The van der Waals surface area contributed by atoms with Crippen molar-refractivity contribution in [1.29, 1.82) is 0 Å². The van der Waals surface area contributed by atoms with Crippen LogP contribution in [0.1, 0.15) is 49.7 Å². The van der Waals surface area contributed by atoms with Crippen LogP contribution in [0.25, 0.3) is 0 Å². The highest BCUT2D eigenvalue weighted by atomic mass is 32.1. The second-order valence-corrected chi connectivity index (χ2v) is 6.87. The molecule has 0 bridgehead atoms. The molecule has 0 saturated heterocycles. The zero-order valence-corrected chi connectivity index (χ0v) is 14.0. The third-order valence-corrected chi connectivity index (χ3v) is 5.32. The van der Waals surface area contributed by atoms with E-state index in [2.05, 4.69) is 10.6 Å². The van der Waals surface area contributed by atoms with Crippen molar-refractivity contribution in [2.24, 2.45) is 0 Å². The molecule has 1 aromatic carbocycles. The summed E-state index contributed by atoms with van der Waals surface area (Å²) >= 11 is 1.60. The highest BCUT2D eigenvalue weighted by Crippen LogP contribution is 2.29. The number of amides is 2. The maximum Gasteiger partial charge on any atom is 0.265 e. The number of benzene rings is 1. The van der Waals surface area contributed by atoms with E-state index in [1.54, 1.807) is 42.6 Å². The molecule has 120 valence electrons. The lowest BCUT2D eigenvalue weighted by Crippen LogP contribution is -2.18. The molecule has 0 unspecified atom stereocenters. The van der Waals surface area contributed by atoms with Gasteiger partial charge in [-0.15, -0.1) is 11.3 Å². The molecule has 0 fully saturated rings. The Bertz CT molecular complexity index is 713. The monoisotopic (exact) mass is 328 g/mol. The second kappa shape index (κ2) is 6.96. The molecule has 2 N–H and O–H groups in total. The first-order valence-corrected chi connectivity index (χ1v) is 8.74. The first-order valence-electron chi connectivity index (χ1n) is 7.92. The largest absolute Gasteiger partial charge is 0.355 e. The molecule has 3 rings (SSSR count). The first-order chi connectivity index (χ1) is 11.2. The summed E-state index contributed by atoms with van der Waals surface area (Å²) < 4.78 is 0. The Kier molecular flexibility index (Phi) is 4.76. The van der Waals surface area contributed by atoms with Gasteiger partial charge in [-0.25, -0.2) is 0 Å². The Morgan fingerprint density at radius 2 is 1.87 bits per heavy atom. The van der Waals surface area contributed by atoms with E-state index >= 15 is 0 Å². The molecule has 5 heteroatoms. The highest BCUT2D eigenvalue weighted by Gasteiger charge is 2.16. The summed E-state index contributed by atoms with van der Waals surface area (Å²) in [6.45, 7) is 0. The lowest BCUT2D eigenvalue weighted by Gasteiger charge is -2.06. The van der Waals surface area contributed by atoms with E-state index in [1.165, 1.54) is 29.7 Å². The fourth-order valence-corrected chi connectivity index (χ4v) is 4.00. The van der Waals surface area contributed by atoms with Crippen molar-refractivity contribution in [1.82, 2.24) is 5.32 Å². The molecule has 1 aromatic heterocycles. The molecule has 1 aliphatic rings. The number of carbonyl (C=O) groups excluding carboxylic acids is 2. The molecule has 0 spiro atoms. The molecule has 2 aromatic rings. The van der Waals surface area contributed by atoms with Gasteiger partial charge in [-0.3, -0.25) is 9.59 Å². The molecule has 0 radical (unpaired) electrons. The van der Waals surface area contributed by atoms with Gasteiger partial charge in [-0.05, 0) is 55.5 Å². The van der Waals surface area contributed by atoms with Crippen molar-refractivity contribution < 1.29 is 9.59 Å². The number of nitrogens with one attached hydrogen (secondary N) is 2. The number of hydrogen-bond acceptors (Lipinski definition) is 3. The van der Waals surface area contributed by atoms with Gasteiger partial charge in [-0.2, -0.15) is 0 Å². The maximum atomic E-state index is 12.5. The van der Waals surface area contributed by atoms with Gasteiger partial charge in [0.2, 0.25) is 0 Å². The van der Waals surface area contributed by atoms with Crippen LogP contribution >= 0.6 is 11.3 Å². The van der Waals surface area contributed by atoms with Crippen LogP contribution in [0.15, 0.2) is 30.3 Å². The van der Waals surface area contributed by atoms with Crippen LogP contribution in [-0.2, 0) is 12.8 Å². The lowest BCUT2D eigenvalue weighted by atomic mass is 10.1. The number of anilines is 1. The summed E-state index contributed by atoms with van der Waals surface area (Å²) in [4.78, 5) is 26.2. The molecule has 1 heterocycles. The summed E-state index contributed by atoms with van der Waals surface area (Å²) in [5.41, 5.74) is 2.50. The summed E-state index contributed by atoms with van der Waals surface area (Å²) in [7, 11) is 1.59. The smallest absolute Gasteiger partial charge is 0.265 e. The number of aryl methyl sites for hydroxylation is 2. The average molecular weight is 328 g/mol. The first kappa shape index (κ1) is 15.7. The molecule has 0 aliphatic heterocycles. The molecule has 4 nitrogen and oxygen atoms in total. The topological polar surface area (TPSA) is 58.2 Å². The van der Waals surface area contributed by atoms with Crippen molar-refractivity contribution in [3.8, 4) is 0 Å². The third kappa shape index (κ3) is 3.62. The van der Waals surface area contributed by atoms with Gasteiger partial charge in [0, 0.05) is 23.2 Å². The van der Waals surface area contributed by atoms with E-state index in [0.29, 0.717) is 11.3 Å². The fourth-order valence-electron chi connectivity index (χ4n) is 2.85. The van der Waals surface area contributed by atoms with E-state index in [-0.39, 0.29) is 11.8 Å². The van der Waals surface area contributed by atoms with Crippen molar-refractivity contribution in [2.75, 3.05) is 12.4 Å². The van der Waals surface area contributed by atoms with Gasteiger partial charge in [0.25, 0.3) is 11.8 Å². The lowest BCUT2D eigenvalue weighted by molar-refractivity contribution is 0.0961. The van der Waals surface area contributed by atoms with Crippen LogP contribution in [0.4, 0.5) is 5.69 Å². The Hall–Kier alpha value is -2.14. The predicted molar refractivity (Wildman–Crippen MR) is 93.4 cm³/mol. The van der Waals surface area contributed by atoms with Crippen LogP contribution < -0.4 is 10.6 Å². The van der Waals surface area contributed by atoms with E-state index in [4.69, 9.17) is 0 Å². The van der Waals surface area contributed by atoms with Crippen LogP contribution in [0.3, 0.4) is 0 Å². The van der Waals surface area contributed by atoms with Crippen LogP contribution in [0.5, 0.6) is 0 Å². The molecule has 23 heavy (non-hydrogen) atoms. The summed E-state index contributed by atoms with van der Waals surface area (Å²) in [5, 5.41) is 5.48. The average Bonchev–Trinajstić information content (AvgIpc) is 2.85. The summed E-state index contributed by atoms with van der Waals surface area (Å²) in [6, 6.07) is 9.01. The molecule has 1 aliphatic carbocycles. The number of rotatable bonds is 3. The van der Waals surface area contributed by atoms with Crippen molar-refractivity contribution in [2.45, 2.75) is 32.1 Å². The molecule has 0 saturated carbocycles. The molecular formula is C18H20N2O2S. The number of hydrogen-bond donors (Lipinski definition) is 2. The standard InChI is InChI=1S/C18H20N2O2S/c1-19-17(21)13-7-5-8-14(10-13)20-18(22)16-11-12-6-3-2-4-9-15(12)23-16/h5,7-8,10-11H,2-4,6,9H2,1H3,(H,19,21)(H,20,22). The number of carbonyl (C=O) groups is 2. The Labute approximate surface area is 139 Å². The summed E-state index contributed by atoms with van der Waals surface area (Å²) in [6.07, 6.45) is 5.85. The highest BCUT2D eigenvalue weighted by molar-refractivity contribution is 7.14. The minimum atomic E-state index is -0.163. The van der Waals surface area contributed by atoms with Gasteiger partial charge >= 0.3 is 0 Å². The Balaban J connectivity index is 1.76. The van der Waals surface area contributed by atoms with Crippen LogP contribution in [-0.4, -0.2) is 18.9 Å². The predicted octanol–water partition coefficient (Wildman–Crippen LogP) is 3.63. The minimum absolute atomic E-state index is 0.0999. The minimum Gasteiger partial charge on any atom is -0.355 e. The van der Waals surface area contributed by atoms with Gasteiger partial charge in [-0.1, -0.05) is 12.5 Å². The van der Waals surface area contributed by atoms with Crippen molar-refractivity contribution in [3.63, 3.8) is 0 Å². The van der Waals surface area contributed by atoms with Crippen LogP contribution in [0.2, 0.25) is 0 Å². The Morgan fingerprint density at radius 1 is 1.04 bits per heavy atom. The Morgan fingerprint density at radius 3 is 2.70 bits per heavy atom. The fraction of sp³-hybridized carbons (Fsp3) is 0.333. The third-order valence-electron chi connectivity index (χ3n) is 4.08. The second-order valence-electron chi connectivity index (χ2n) is 5.73. The number of thiophene rings is 1. The number of fused-ring (bicyclic) bond motifs is 1. The van der Waals surface area contributed by atoms with Gasteiger partial charge in [0.05, 0.1) is 4.88 Å². The molecule has 0 atom stereocenters. The van der Waals surface area contributed by atoms with E-state index in [0.717, 1.165) is 17.7 Å². The van der Waals surface area contributed by atoms with Crippen molar-refractivity contribution in [3.05, 3.63) is 51.2 Å². The summed E-state index contributed by atoms with van der Waals surface area (Å²) in [5.74, 6) is -0.263. The van der Waals surface area contributed by atoms with E-state index in [1.807, 2.05) is 6.07 Å². The van der Waals surface area contributed by atoms with Gasteiger partial charge < -0.3 is 10.6 Å².